The molecule has 0 radical (unpaired) electrons. The Hall–Kier alpha value is -2.21. The summed E-state index contributed by atoms with van der Waals surface area (Å²) in [5.74, 6) is -0.279. The van der Waals surface area contributed by atoms with Gasteiger partial charge in [-0.2, -0.15) is 0 Å². The first-order chi connectivity index (χ1) is 10.0. The maximum atomic E-state index is 11.5. The summed E-state index contributed by atoms with van der Waals surface area (Å²) in [6, 6.07) is 8.51. The molecule has 0 spiro atoms. The molecule has 0 aliphatic rings. The Bertz CT molecular complexity index is 674. The van der Waals surface area contributed by atoms with Crippen LogP contribution in [0.4, 0.5) is 0 Å². The molecule has 0 saturated heterocycles. The number of hydrogen-bond acceptors (Lipinski definition) is 5. The molecule has 0 saturated carbocycles. The van der Waals surface area contributed by atoms with Gasteiger partial charge in [0.05, 0.1) is 18.4 Å². The van der Waals surface area contributed by atoms with Crippen molar-refractivity contribution in [3.63, 3.8) is 0 Å². The summed E-state index contributed by atoms with van der Waals surface area (Å²) in [5.41, 5.74) is 0.947. The van der Waals surface area contributed by atoms with Crippen molar-refractivity contribution < 1.29 is 23.8 Å². The van der Waals surface area contributed by atoms with Gasteiger partial charge in [-0.05, 0) is 25.1 Å². The minimum Gasteiger partial charge on any atom is -0.478 e. The molecule has 6 heteroatoms. The Labute approximate surface area is 125 Å². The van der Waals surface area contributed by atoms with Crippen LogP contribution in [-0.4, -0.2) is 24.2 Å². The first-order valence-electron chi connectivity index (χ1n) is 6.15. The molecule has 0 aliphatic heterocycles. The van der Waals surface area contributed by atoms with Crippen molar-refractivity contribution >= 4 is 23.7 Å². The zero-order chi connectivity index (χ0) is 15.4. The van der Waals surface area contributed by atoms with Gasteiger partial charge in [0.1, 0.15) is 5.76 Å². The van der Waals surface area contributed by atoms with E-state index in [1.807, 2.05) is 0 Å². The molecule has 1 aromatic carbocycles. The number of aryl methyl sites for hydroxylation is 1. The average molecular weight is 306 g/mol. The molecule has 1 heterocycles. The maximum Gasteiger partial charge on any atom is 0.374 e. The number of esters is 1. The fourth-order valence-corrected chi connectivity index (χ4v) is 2.76. The normalized spacial score (nSPS) is 10.4. The average Bonchev–Trinajstić information content (AvgIpc) is 2.85. The lowest BCUT2D eigenvalue weighted by atomic mass is 10.2. The molecule has 2 aromatic rings. The summed E-state index contributed by atoms with van der Waals surface area (Å²) in [5, 5.41) is 9.12. The number of carboxylic acids is 1. The highest BCUT2D eigenvalue weighted by molar-refractivity contribution is 7.98. The smallest absolute Gasteiger partial charge is 0.374 e. The van der Waals surface area contributed by atoms with Gasteiger partial charge in [0.25, 0.3) is 0 Å². The number of furan rings is 1. The Morgan fingerprint density at radius 3 is 2.71 bits per heavy atom. The number of carboxylic acid groups (broad SMARTS) is 1. The number of carbonyl (C=O) groups excluding carboxylic acids is 1. The molecule has 1 N–H and O–H groups in total. The van der Waals surface area contributed by atoms with Crippen LogP contribution in [0.15, 0.2) is 39.6 Å². The second-order valence-electron chi connectivity index (χ2n) is 4.31. The lowest BCUT2D eigenvalue weighted by Gasteiger charge is -2.03. The second-order valence-corrected chi connectivity index (χ2v) is 5.32. The Kier molecular flexibility index (Phi) is 4.70. The first kappa shape index (κ1) is 15.2. The van der Waals surface area contributed by atoms with Crippen molar-refractivity contribution in [1.29, 1.82) is 0 Å². The number of rotatable bonds is 5. The van der Waals surface area contributed by atoms with E-state index < -0.39 is 11.9 Å². The van der Waals surface area contributed by atoms with E-state index >= 15 is 0 Å². The molecule has 110 valence electrons. The van der Waals surface area contributed by atoms with E-state index in [4.69, 9.17) is 9.52 Å². The minimum absolute atomic E-state index is 0.180. The maximum absolute atomic E-state index is 11.5. The van der Waals surface area contributed by atoms with Crippen molar-refractivity contribution in [1.82, 2.24) is 0 Å². The monoisotopic (exact) mass is 306 g/mol. The van der Waals surface area contributed by atoms with Crippen molar-refractivity contribution in [2.75, 3.05) is 7.11 Å². The third kappa shape index (κ3) is 3.46. The molecule has 0 unspecified atom stereocenters. The van der Waals surface area contributed by atoms with Crippen LogP contribution in [0.2, 0.25) is 0 Å². The Balaban J connectivity index is 2.14. The van der Waals surface area contributed by atoms with Gasteiger partial charge in [-0.1, -0.05) is 12.1 Å². The molecule has 0 fully saturated rings. The van der Waals surface area contributed by atoms with E-state index in [-0.39, 0.29) is 11.3 Å². The van der Waals surface area contributed by atoms with Crippen LogP contribution in [0, 0.1) is 6.92 Å². The number of aromatic carboxylic acids is 1. The molecule has 0 aliphatic carbocycles. The van der Waals surface area contributed by atoms with Gasteiger partial charge < -0.3 is 14.3 Å². The van der Waals surface area contributed by atoms with Gasteiger partial charge in [-0.25, -0.2) is 9.59 Å². The van der Waals surface area contributed by atoms with Gasteiger partial charge >= 0.3 is 11.9 Å². The van der Waals surface area contributed by atoms with Gasteiger partial charge in [-0.15, -0.1) is 11.8 Å². The van der Waals surface area contributed by atoms with E-state index in [2.05, 4.69) is 4.74 Å². The Morgan fingerprint density at radius 2 is 2.05 bits per heavy atom. The van der Waals surface area contributed by atoms with E-state index in [1.165, 1.54) is 18.9 Å². The van der Waals surface area contributed by atoms with Crippen LogP contribution in [0.5, 0.6) is 0 Å². The van der Waals surface area contributed by atoms with Crippen LogP contribution in [0.3, 0.4) is 0 Å². The number of methoxy groups -OCH3 is 1. The van der Waals surface area contributed by atoms with Gasteiger partial charge in [-0.3, -0.25) is 0 Å². The van der Waals surface area contributed by atoms with Gasteiger partial charge in [0.15, 0.2) is 0 Å². The molecular weight excluding hydrogens is 292 g/mol. The number of hydrogen-bond donors (Lipinski definition) is 1. The van der Waals surface area contributed by atoms with E-state index in [1.54, 1.807) is 37.3 Å². The highest BCUT2D eigenvalue weighted by Crippen LogP contribution is 2.28. The largest absolute Gasteiger partial charge is 0.478 e. The topological polar surface area (TPSA) is 76.7 Å². The predicted molar refractivity (Wildman–Crippen MR) is 77.7 cm³/mol. The van der Waals surface area contributed by atoms with Crippen molar-refractivity contribution in [2.45, 2.75) is 17.6 Å². The molecule has 1 aromatic heterocycles. The van der Waals surface area contributed by atoms with Crippen LogP contribution in [0.1, 0.15) is 32.2 Å². The van der Waals surface area contributed by atoms with Crippen LogP contribution in [-0.2, 0) is 10.5 Å². The summed E-state index contributed by atoms with van der Waals surface area (Å²) < 4.78 is 10.1. The van der Waals surface area contributed by atoms with Crippen LogP contribution < -0.4 is 0 Å². The van der Waals surface area contributed by atoms with Gasteiger partial charge in [0.2, 0.25) is 5.76 Å². The molecule has 0 amide bonds. The standard InChI is InChI=1S/C15H14O5S/c1-9-7-10(20-13(9)15(18)19-2)8-21-12-6-4-3-5-11(12)14(16)17/h3-7H,8H2,1-2H3,(H,16,17). The van der Waals surface area contributed by atoms with Crippen LogP contribution in [0.25, 0.3) is 0 Å². The summed E-state index contributed by atoms with van der Waals surface area (Å²) in [4.78, 5) is 23.2. The van der Waals surface area contributed by atoms with Crippen molar-refractivity contribution in [2.24, 2.45) is 0 Å². The molecule has 0 bridgehead atoms. The van der Waals surface area contributed by atoms with Crippen molar-refractivity contribution in [3.05, 3.63) is 53.0 Å². The number of thioether (sulfide) groups is 1. The highest BCUT2D eigenvalue weighted by Gasteiger charge is 2.17. The molecule has 0 atom stereocenters. The second kappa shape index (κ2) is 6.49. The minimum atomic E-state index is -0.969. The van der Waals surface area contributed by atoms with E-state index in [0.717, 1.165) is 0 Å². The molecular formula is C15H14O5S. The SMILES string of the molecule is COC(=O)c1oc(CSc2ccccc2C(=O)O)cc1C. The van der Waals surface area contributed by atoms with E-state index in [9.17, 15) is 9.59 Å². The third-order valence-corrected chi connectivity index (χ3v) is 3.92. The third-order valence-electron chi connectivity index (χ3n) is 2.83. The fourth-order valence-electron chi connectivity index (χ4n) is 1.83. The van der Waals surface area contributed by atoms with Gasteiger partial charge in [0, 0.05) is 10.5 Å². The summed E-state index contributed by atoms with van der Waals surface area (Å²) >= 11 is 1.34. The molecule has 21 heavy (non-hydrogen) atoms. The summed E-state index contributed by atoms with van der Waals surface area (Å²) in [6.07, 6.45) is 0. The number of benzene rings is 1. The lowest BCUT2D eigenvalue weighted by molar-refractivity contribution is 0.0562. The highest BCUT2D eigenvalue weighted by atomic mass is 32.2. The fraction of sp³-hybridized carbons (Fsp3) is 0.200. The molecule has 2 rings (SSSR count). The van der Waals surface area contributed by atoms with Crippen molar-refractivity contribution in [3.8, 4) is 0 Å². The zero-order valence-corrected chi connectivity index (χ0v) is 12.4. The predicted octanol–water partition coefficient (Wildman–Crippen LogP) is 3.37. The summed E-state index contributed by atoms with van der Waals surface area (Å²) in [7, 11) is 1.29. The number of ether oxygens (including phenoxy) is 1. The first-order valence-corrected chi connectivity index (χ1v) is 7.14. The summed E-state index contributed by atoms with van der Waals surface area (Å²) in [6.45, 7) is 1.76. The zero-order valence-electron chi connectivity index (χ0n) is 11.6. The lowest BCUT2D eigenvalue weighted by Crippen LogP contribution is -2.00. The number of carbonyl (C=O) groups is 2. The van der Waals surface area contributed by atoms with E-state index in [0.29, 0.717) is 22.0 Å². The molecule has 5 nitrogen and oxygen atoms in total. The quantitative estimate of drug-likeness (QED) is 0.674. The Morgan fingerprint density at radius 1 is 1.33 bits per heavy atom. The van der Waals surface area contributed by atoms with Crippen LogP contribution >= 0.6 is 11.8 Å².